The van der Waals surface area contributed by atoms with E-state index in [0.717, 1.165) is 15.7 Å². The third-order valence-electron chi connectivity index (χ3n) is 4.09. The summed E-state index contributed by atoms with van der Waals surface area (Å²) < 4.78 is 6.16. The van der Waals surface area contributed by atoms with Gasteiger partial charge >= 0.3 is 6.03 Å². The van der Waals surface area contributed by atoms with E-state index in [0.29, 0.717) is 11.4 Å². The first-order chi connectivity index (χ1) is 13.9. The lowest BCUT2D eigenvalue weighted by Crippen LogP contribution is -2.21. The lowest BCUT2D eigenvalue weighted by atomic mass is 10.1. The molecule has 3 aromatic rings. The van der Waals surface area contributed by atoms with Crippen LogP contribution in [0.3, 0.4) is 0 Å². The number of anilines is 2. The van der Waals surface area contributed by atoms with E-state index < -0.39 is 6.03 Å². The summed E-state index contributed by atoms with van der Waals surface area (Å²) in [6, 6.07) is 3.01. The first-order valence-electron chi connectivity index (χ1n) is 8.47. The van der Waals surface area contributed by atoms with Crippen molar-refractivity contribution in [1.82, 2.24) is 25.0 Å². The number of carbonyl (C=O) groups excluding carboxylic acids is 1. The van der Waals surface area contributed by atoms with Crippen molar-refractivity contribution in [1.29, 1.82) is 5.26 Å². The van der Waals surface area contributed by atoms with Gasteiger partial charge in [-0.3, -0.25) is 4.98 Å². The zero-order valence-electron chi connectivity index (χ0n) is 15.8. The van der Waals surface area contributed by atoms with Crippen molar-refractivity contribution in [3.63, 3.8) is 0 Å². The molecule has 29 heavy (non-hydrogen) atoms. The quantitative estimate of drug-likeness (QED) is 0.601. The summed E-state index contributed by atoms with van der Waals surface area (Å²) in [7, 11) is 1.59. The molecule has 148 valence electrons. The van der Waals surface area contributed by atoms with E-state index in [2.05, 4.69) is 46.7 Å². The standard InChI is InChI=1S/C18H17BrN8O2/c1-10-16(19)15(11(2)29-3)14(9-21-10)26-18(28)25-13-6-12(7-20)17(22-8-13)27-23-4-5-24-27/h4-6,8-9,11H,1-3H3,(H2,25,26,28)/t11-/m0/s1. The van der Waals surface area contributed by atoms with Crippen molar-refractivity contribution >= 4 is 33.3 Å². The highest BCUT2D eigenvalue weighted by molar-refractivity contribution is 9.10. The van der Waals surface area contributed by atoms with E-state index in [9.17, 15) is 10.1 Å². The Morgan fingerprint density at radius 2 is 2.00 bits per heavy atom. The van der Waals surface area contributed by atoms with Crippen LogP contribution >= 0.6 is 15.9 Å². The van der Waals surface area contributed by atoms with E-state index in [4.69, 9.17) is 4.74 Å². The number of carbonyl (C=O) groups is 1. The van der Waals surface area contributed by atoms with Gasteiger partial charge < -0.3 is 15.4 Å². The fourth-order valence-corrected chi connectivity index (χ4v) is 3.23. The number of amides is 2. The van der Waals surface area contributed by atoms with Crippen LogP contribution in [0.25, 0.3) is 5.82 Å². The summed E-state index contributed by atoms with van der Waals surface area (Å²) in [5.41, 5.74) is 2.61. The third-order valence-corrected chi connectivity index (χ3v) is 5.09. The molecule has 3 rings (SSSR count). The first-order valence-corrected chi connectivity index (χ1v) is 9.26. The lowest BCUT2D eigenvalue weighted by molar-refractivity contribution is 0.119. The molecule has 0 aliphatic heterocycles. The van der Waals surface area contributed by atoms with Gasteiger partial charge in [0.05, 0.1) is 48.0 Å². The zero-order valence-corrected chi connectivity index (χ0v) is 17.4. The van der Waals surface area contributed by atoms with Crippen LogP contribution in [0.1, 0.15) is 29.8 Å². The second-order valence-corrected chi connectivity index (χ2v) is 6.76. The Morgan fingerprint density at radius 3 is 2.66 bits per heavy atom. The van der Waals surface area contributed by atoms with Crippen molar-refractivity contribution in [3.05, 3.63) is 52.1 Å². The fourth-order valence-electron chi connectivity index (χ4n) is 2.59. The molecule has 0 aliphatic carbocycles. The van der Waals surface area contributed by atoms with Gasteiger partial charge in [-0.25, -0.2) is 9.78 Å². The molecule has 3 heterocycles. The monoisotopic (exact) mass is 456 g/mol. The van der Waals surface area contributed by atoms with Crippen molar-refractivity contribution < 1.29 is 9.53 Å². The maximum Gasteiger partial charge on any atom is 0.323 e. The molecule has 0 aromatic carbocycles. The van der Waals surface area contributed by atoms with Crippen LogP contribution in [0.2, 0.25) is 0 Å². The van der Waals surface area contributed by atoms with Gasteiger partial charge in [0, 0.05) is 17.1 Å². The Morgan fingerprint density at radius 1 is 1.28 bits per heavy atom. The molecule has 11 heteroatoms. The van der Waals surface area contributed by atoms with Crippen LogP contribution in [0.5, 0.6) is 0 Å². The number of nitriles is 1. The number of methoxy groups -OCH3 is 1. The van der Waals surface area contributed by atoms with Crippen molar-refractivity contribution in [2.45, 2.75) is 20.0 Å². The molecule has 2 N–H and O–H groups in total. The van der Waals surface area contributed by atoms with E-state index in [1.165, 1.54) is 29.5 Å². The molecule has 2 amide bonds. The maximum absolute atomic E-state index is 12.5. The molecule has 0 bridgehead atoms. The zero-order chi connectivity index (χ0) is 21.0. The Hall–Kier alpha value is -3.36. The van der Waals surface area contributed by atoms with Crippen molar-refractivity contribution in [2.24, 2.45) is 0 Å². The second-order valence-electron chi connectivity index (χ2n) is 5.97. The minimum absolute atomic E-state index is 0.215. The van der Waals surface area contributed by atoms with Crippen molar-refractivity contribution in [3.8, 4) is 11.9 Å². The molecule has 0 aliphatic rings. The van der Waals surface area contributed by atoms with Gasteiger partial charge in [-0.15, -0.1) is 4.80 Å². The first kappa shape index (κ1) is 20.4. The number of rotatable bonds is 5. The van der Waals surface area contributed by atoms with Crippen LogP contribution < -0.4 is 10.6 Å². The van der Waals surface area contributed by atoms with Crippen LogP contribution in [-0.2, 0) is 4.74 Å². The molecular formula is C18H17BrN8O2. The summed E-state index contributed by atoms with van der Waals surface area (Å²) in [4.78, 5) is 22.2. The van der Waals surface area contributed by atoms with Gasteiger partial charge in [0.2, 0.25) is 0 Å². The number of hydrogen-bond donors (Lipinski definition) is 2. The molecule has 0 radical (unpaired) electrons. The van der Waals surface area contributed by atoms with E-state index in [-0.39, 0.29) is 17.5 Å². The number of pyridine rings is 2. The summed E-state index contributed by atoms with van der Waals surface area (Å²) in [6.45, 7) is 3.72. The molecule has 1 atom stereocenters. The summed E-state index contributed by atoms with van der Waals surface area (Å²) in [5, 5.41) is 22.7. The van der Waals surface area contributed by atoms with E-state index in [1.54, 1.807) is 13.3 Å². The second kappa shape index (κ2) is 8.76. The van der Waals surface area contributed by atoms with Gasteiger partial charge in [0.25, 0.3) is 0 Å². The number of urea groups is 1. The highest BCUT2D eigenvalue weighted by Gasteiger charge is 2.19. The normalized spacial score (nSPS) is 11.6. The number of aromatic nitrogens is 5. The molecule has 0 unspecified atom stereocenters. The van der Waals surface area contributed by atoms with Crippen molar-refractivity contribution in [2.75, 3.05) is 17.7 Å². The number of halogens is 1. The van der Waals surface area contributed by atoms with E-state index in [1.807, 2.05) is 19.9 Å². The van der Waals surface area contributed by atoms with Crippen LogP contribution in [0.15, 0.2) is 35.3 Å². The molecule has 0 saturated heterocycles. The molecule has 0 spiro atoms. The molecule has 0 saturated carbocycles. The smallest absolute Gasteiger partial charge is 0.323 e. The number of aryl methyl sites for hydroxylation is 1. The summed E-state index contributed by atoms with van der Waals surface area (Å²) in [5.74, 6) is 0.270. The lowest BCUT2D eigenvalue weighted by Gasteiger charge is -2.18. The van der Waals surface area contributed by atoms with Gasteiger partial charge in [-0.1, -0.05) is 0 Å². The minimum atomic E-state index is -0.511. The van der Waals surface area contributed by atoms with E-state index >= 15 is 0 Å². The average molecular weight is 457 g/mol. The number of hydrogen-bond acceptors (Lipinski definition) is 7. The minimum Gasteiger partial charge on any atom is -0.377 e. The van der Waals surface area contributed by atoms with Crippen LogP contribution in [-0.4, -0.2) is 38.1 Å². The number of nitrogens with one attached hydrogen (secondary N) is 2. The predicted molar refractivity (Wildman–Crippen MR) is 109 cm³/mol. The van der Waals surface area contributed by atoms with Gasteiger partial charge in [-0.05, 0) is 35.8 Å². The molecule has 3 aromatic heterocycles. The highest BCUT2D eigenvalue weighted by atomic mass is 79.9. The third kappa shape index (κ3) is 4.39. The number of ether oxygens (including phenoxy) is 1. The van der Waals surface area contributed by atoms with Gasteiger partial charge in [-0.2, -0.15) is 15.5 Å². The average Bonchev–Trinajstić information content (AvgIpc) is 3.25. The largest absolute Gasteiger partial charge is 0.377 e. The maximum atomic E-state index is 12.5. The van der Waals surface area contributed by atoms with Crippen LogP contribution in [0.4, 0.5) is 16.2 Å². The Bertz CT molecular complexity index is 1080. The Kier molecular flexibility index (Phi) is 6.16. The molecule has 10 nitrogen and oxygen atoms in total. The SMILES string of the molecule is CO[C@@H](C)c1c(NC(=O)Nc2cnc(-n3nccn3)c(C#N)c2)cnc(C)c1Br. The summed E-state index contributed by atoms with van der Waals surface area (Å²) >= 11 is 3.50. The molecule has 0 fully saturated rings. The summed E-state index contributed by atoms with van der Waals surface area (Å²) in [6.07, 6.45) is 5.68. The van der Waals surface area contributed by atoms with Crippen LogP contribution in [0, 0.1) is 18.3 Å². The Labute approximate surface area is 175 Å². The number of nitrogens with zero attached hydrogens (tertiary/aromatic N) is 6. The topological polar surface area (TPSA) is 131 Å². The fraction of sp³-hybridized carbons (Fsp3) is 0.222. The highest BCUT2D eigenvalue weighted by Crippen LogP contribution is 2.33. The predicted octanol–water partition coefficient (Wildman–Crippen LogP) is 3.35. The van der Waals surface area contributed by atoms with Gasteiger partial charge in [0.1, 0.15) is 11.6 Å². The van der Waals surface area contributed by atoms with Gasteiger partial charge in [0.15, 0.2) is 5.82 Å². The Balaban J connectivity index is 1.82. The molecular weight excluding hydrogens is 440 g/mol.